The number of hydrogen-bond donors (Lipinski definition) is 1. The molecule has 2 saturated heterocycles. The fourth-order valence-electron chi connectivity index (χ4n) is 8.18. The largest absolute Gasteiger partial charge is 0.389 e. The van der Waals surface area contributed by atoms with Crippen molar-refractivity contribution in [2.45, 2.75) is 116 Å². The second-order valence-corrected chi connectivity index (χ2v) is 13.2. The SMILES string of the molecule is CCO[C@@H]1CC[C@]2(C)C(C1)C[C@]1(O)CCC(C)=C([C@H]3O[C@@H](CN4CC[C@H]4C(=O)N(C)C)O[C@H]32)C1(C)C. The zero-order valence-corrected chi connectivity index (χ0v) is 23.5. The Morgan fingerprint density at radius 2 is 1.94 bits per heavy atom. The van der Waals surface area contributed by atoms with Gasteiger partial charge in [-0.2, -0.15) is 0 Å². The van der Waals surface area contributed by atoms with Gasteiger partial charge in [0.2, 0.25) is 5.91 Å². The molecule has 204 valence electrons. The molecule has 0 aromatic carbocycles. The molecule has 0 spiro atoms. The van der Waals surface area contributed by atoms with Gasteiger partial charge in [-0.05, 0) is 75.7 Å². The molecule has 2 heterocycles. The molecule has 5 rings (SSSR count). The van der Waals surface area contributed by atoms with Gasteiger partial charge in [-0.25, -0.2) is 0 Å². The van der Waals surface area contributed by atoms with E-state index in [0.29, 0.717) is 12.5 Å². The van der Waals surface area contributed by atoms with E-state index in [1.807, 2.05) is 14.1 Å². The van der Waals surface area contributed by atoms with Crippen molar-refractivity contribution in [3.63, 3.8) is 0 Å². The summed E-state index contributed by atoms with van der Waals surface area (Å²) in [5, 5.41) is 12.2. The van der Waals surface area contributed by atoms with E-state index in [-0.39, 0.29) is 42.0 Å². The van der Waals surface area contributed by atoms with Crippen LogP contribution in [-0.2, 0) is 19.0 Å². The van der Waals surface area contributed by atoms with Crippen molar-refractivity contribution in [1.82, 2.24) is 9.80 Å². The molecule has 8 atom stereocenters. The molecule has 2 bridgehead atoms. The molecule has 1 amide bonds. The lowest BCUT2D eigenvalue weighted by atomic mass is 9.50. The highest BCUT2D eigenvalue weighted by atomic mass is 16.7. The molecule has 5 aliphatic rings. The molecular weight excluding hydrogens is 456 g/mol. The molecule has 7 heteroatoms. The molecule has 0 aromatic heterocycles. The number of rotatable bonds is 5. The average molecular weight is 505 g/mol. The lowest BCUT2D eigenvalue weighted by Gasteiger charge is -2.59. The highest BCUT2D eigenvalue weighted by Crippen LogP contribution is 2.62. The van der Waals surface area contributed by atoms with Gasteiger partial charge < -0.3 is 24.2 Å². The predicted molar refractivity (Wildman–Crippen MR) is 138 cm³/mol. The summed E-state index contributed by atoms with van der Waals surface area (Å²) in [6.45, 7) is 13.3. The number of amides is 1. The van der Waals surface area contributed by atoms with E-state index in [1.54, 1.807) is 4.90 Å². The van der Waals surface area contributed by atoms with Crippen LogP contribution in [0.4, 0.5) is 0 Å². The van der Waals surface area contributed by atoms with Gasteiger partial charge in [-0.15, -0.1) is 0 Å². The summed E-state index contributed by atoms with van der Waals surface area (Å²) >= 11 is 0. The van der Waals surface area contributed by atoms with Gasteiger partial charge in [0.05, 0.1) is 30.4 Å². The van der Waals surface area contributed by atoms with Crippen molar-refractivity contribution in [3.05, 3.63) is 11.1 Å². The maximum atomic E-state index is 12.6. The molecule has 3 aliphatic carbocycles. The minimum absolute atomic E-state index is 0.0637. The van der Waals surface area contributed by atoms with Crippen LogP contribution in [0.5, 0.6) is 0 Å². The summed E-state index contributed by atoms with van der Waals surface area (Å²) in [6.07, 6.45) is 5.99. The van der Waals surface area contributed by atoms with Crippen LogP contribution in [-0.4, -0.2) is 90.9 Å². The zero-order chi connectivity index (χ0) is 26.0. The fourth-order valence-corrected chi connectivity index (χ4v) is 8.18. The summed E-state index contributed by atoms with van der Waals surface area (Å²) in [5.74, 6) is 0.456. The molecule has 2 aliphatic heterocycles. The Kier molecular flexibility index (Phi) is 6.90. The molecule has 0 radical (unpaired) electrons. The van der Waals surface area contributed by atoms with Gasteiger partial charge in [-0.3, -0.25) is 9.69 Å². The van der Waals surface area contributed by atoms with Crippen LogP contribution in [0.1, 0.15) is 79.6 Å². The smallest absolute Gasteiger partial charge is 0.239 e. The molecule has 0 aromatic rings. The first-order chi connectivity index (χ1) is 16.9. The van der Waals surface area contributed by atoms with E-state index < -0.39 is 11.0 Å². The maximum Gasteiger partial charge on any atom is 0.239 e. The number of allylic oxidation sites excluding steroid dienone is 1. The van der Waals surface area contributed by atoms with Crippen LogP contribution < -0.4 is 0 Å². The first-order valence-corrected chi connectivity index (χ1v) is 14.2. The Labute approximate surface area is 217 Å². The third-order valence-corrected chi connectivity index (χ3v) is 10.7. The first-order valence-electron chi connectivity index (χ1n) is 14.2. The number of hydrogen-bond acceptors (Lipinski definition) is 6. The number of nitrogens with zero attached hydrogens (tertiary/aromatic N) is 2. The van der Waals surface area contributed by atoms with Gasteiger partial charge >= 0.3 is 0 Å². The Bertz CT molecular complexity index is 902. The van der Waals surface area contributed by atoms with Gasteiger partial charge in [-0.1, -0.05) is 26.3 Å². The van der Waals surface area contributed by atoms with Gasteiger partial charge in [0.25, 0.3) is 0 Å². The molecule has 1 N–H and O–H groups in total. The normalized spacial score (nSPS) is 44.2. The second-order valence-electron chi connectivity index (χ2n) is 13.2. The van der Waals surface area contributed by atoms with Crippen molar-refractivity contribution < 1.29 is 24.1 Å². The second kappa shape index (κ2) is 9.33. The molecule has 36 heavy (non-hydrogen) atoms. The lowest BCUT2D eigenvalue weighted by Crippen LogP contribution is -2.60. The van der Waals surface area contributed by atoms with Gasteiger partial charge in [0, 0.05) is 32.7 Å². The number of carbonyl (C=O) groups is 1. The standard InChI is InChI=1S/C29H48N2O5/c1-8-34-20-10-12-28(5)19(15-20)16-29(33)13-9-18(2)23(27(29,3)4)24-25(28)36-22(35-24)17-31-14-11-21(31)26(32)30(6)7/h19-22,24-25,33H,8-17H2,1-7H3/t19?,20-,21+,22-,24-,25-,28-,29-/m1/s1. The minimum Gasteiger partial charge on any atom is -0.389 e. The monoisotopic (exact) mass is 504 g/mol. The van der Waals surface area contributed by atoms with Crippen molar-refractivity contribution >= 4 is 5.91 Å². The Morgan fingerprint density at radius 1 is 1.19 bits per heavy atom. The quantitative estimate of drug-likeness (QED) is 0.575. The van der Waals surface area contributed by atoms with Crippen LogP contribution in [0.25, 0.3) is 0 Å². The fraction of sp³-hybridized carbons (Fsp3) is 0.897. The van der Waals surface area contributed by atoms with Crippen LogP contribution in [0.3, 0.4) is 0 Å². The van der Waals surface area contributed by atoms with Gasteiger partial charge in [0.1, 0.15) is 6.10 Å². The molecule has 1 unspecified atom stereocenters. The predicted octanol–water partition coefficient (Wildman–Crippen LogP) is 3.74. The maximum absolute atomic E-state index is 12.6. The Morgan fingerprint density at radius 3 is 2.58 bits per heavy atom. The Balaban J connectivity index is 1.47. The number of likely N-dealkylation sites (N-methyl/N-ethyl adjacent to an activating group) is 1. The van der Waals surface area contributed by atoms with E-state index in [0.717, 1.165) is 58.1 Å². The number of aliphatic hydroxyl groups is 1. The van der Waals surface area contributed by atoms with E-state index in [1.165, 1.54) is 11.1 Å². The minimum atomic E-state index is -0.769. The zero-order valence-electron chi connectivity index (χ0n) is 23.5. The summed E-state index contributed by atoms with van der Waals surface area (Å²) in [4.78, 5) is 16.5. The molecular formula is C29H48N2O5. The van der Waals surface area contributed by atoms with Crippen LogP contribution in [0, 0.1) is 16.7 Å². The summed E-state index contributed by atoms with van der Waals surface area (Å²) in [5.41, 5.74) is 1.33. The average Bonchev–Trinajstić information content (AvgIpc) is 3.20. The van der Waals surface area contributed by atoms with Crippen molar-refractivity contribution in [2.75, 3.05) is 33.8 Å². The van der Waals surface area contributed by atoms with Crippen molar-refractivity contribution in [2.24, 2.45) is 16.7 Å². The lowest BCUT2D eigenvalue weighted by molar-refractivity contribution is -0.162. The third-order valence-electron chi connectivity index (χ3n) is 10.7. The van der Waals surface area contributed by atoms with E-state index >= 15 is 0 Å². The van der Waals surface area contributed by atoms with Crippen LogP contribution >= 0.6 is 0 Å². The molecule has 4 fully saturated rings. The third kappa shape index (κ3) is 4.08. The molecule has 7 nitrogen and oxygen atoms in total. The molecule has 2 saturated carbocycles. The highest BCUT2D eigenvalue weighted by Gasteiger charge is 2.63. The van der Waals surface area contributed by atoms with Crippen molar-refractivity contribution in [1.29, 1.82) is 0 Å². The number of carbonyl (C=O) groups excluding carboxylic acids is 1. The number of ether oxygens (including phenoxy) is 3. The summed E-state index contributed by atoms with van der Waals surface area (Å²) in [7, 11) is 3.65. The Hall–Kier alpha value is -0.990. The van der Waals surface area contributed by atoms with E-state index in [2.05, 4.69) is 39.5 Å². The van der Waals surface area contributed by atoms with Crippen molar-refractivity contribution in [3.8, 4) is 0 Å². The van der Waals surface area contributed by atoms with E-state index in [9.17, 15) is 9.90 Å². The summed E-state index contributed by atoms with van der Waals surface area (Å²) in [6, 6.07) is -0.0810. The van der Waals surface area contributed by atoms with Gasteiger partial charge in [0.15, 0.2) is 6.29 Å². The van der Waals surface area contributed by atoms with Crippen LogP contribution in [0.15, 0.2) is 11.1 Å². The first kappa shape index (κ1) is 26.6. The highest BCUT2D eigenvalue weighted by molar-refractivity contribution is 5.82. The van der Waals surface area contributed by atoms with E-state index in [4.69, 9.17) is 14.2 Å². The summed E-state index contributed by atoms with van der Waals surface area (Å²) < 4.78 is 19.8. The van der Waals surface area contributed by atoms with Crippen LogP contribution in [0.2, 0.25) is 0 Å². The number of likely N-dealkylation sites (tertiary alicyclic amines) is 1. The number of fused-ring (bicyclic) bond motifs is 6. The topological polar surface area (TPSA) is 71.5 Å².